The lowest BCUT2D eigenvalue weighted by molar-refractivity contribution is 0.688. The van der Waals surface area contributed by atoms with Crippen molar-refractivity contribution in [1.29, 1.82) is 0 Å². The molecule has 0 aliphatic rings. The lowest BCUT2D eigenvalue weighted by atomic mass is 9.98. The molecule has 0 fully saturated rings. The number of nitrogens with zero attached hydrogens (tertiary/aromatic N) is 3. The summed E-state index contributed by atoms with van der Waals surface area (Å²) in [5.41, 5.74) is 3.24. The average Bonchev–Trinajstić information content (AvgIpc) is 2.49. The van der Waals surface area contributed by atoms with E-state index in [4.69, 9.17) is 0 Å². The maximum atomic E-state index is 4.50. The predicted octanol–water partition coefficient (Wildman–Crippen LogP) is 2.33. The van der Waals surface area contributed by atoms with E-state index in [-0.39, 0.29) is 6.04 Å². The molecule has 1 N–H and O–H groups in total. The Bertz CT molecular complexity index is 677. The normalized spacial score (nSPS) is 12.5. The highest BCUT2D eigenvalue weighted by atomic mass is 15.1. The molecule has 0 spiro atoms. The standard InChI is InChI=1S/C15H14N4/c1-16-14(12-7-9-18-19-10-12)13-6-2-4-11-5-3-8-17-15(11)13/h2-10,14,16H,1H3. The molecule has 3 aromatic rings. The summed E-state index contributed by atoms with van der Waals surface area (Å²) in [4.78, 5) is 4.50. The molecule has 0 bridgehead atoms. The molecular formula is C15H14N4. The number of hydrogen-bond acceptors (Lipinski definition) is 4. The molecule has 94 valence electrons. The molecule has 0 amide bonds. The van der Waals surface area contributed by atoms with Gasteiger partial charge in [-0.15, -0.1) is 0 Å². The van der Waals surface area contributed by atoms with Gasteiger partial charge < -0.3 is 5.32 Å². The smallest absolute Gasteiger partial charge is 0.0753 e. The number of rotatable bonds is 3. The van der Waals surface area contributed by atoms with Crippen LogP contribution in [0, 0.1) is 0 Å². The van der Waals surface area contributed by atoms with E-state index in [2.05, 4.69) is 44.8 Å². The number of pyridine rings is 1. The van der Waals surface area contributed by atoms with Crippen molar-refractivity contribution in [2.75, 3.05) is 7.05 Å². The van der Waals surface area contributed by atoms with Crippen molar-refractivity contribution in [3.63, 3.8) is 0 Å². The van der Waals surface area contributed by atoms with Crippen molar-refractivity contribution >= 4 is 10.9 Å². The van der Waals surface area contributed by atoms with E-state index in [0.717, 1.165) is 22.0 Å². The van der Waals surface area contributed by atoms with Gasteiger partial charge in [-0.25, -0.2) is 0 Å². The molecule has 19 heavy (non-hydrogen) atoms. The fourth-order valence-electron chi connectivity index (χ4n) is 2.33. The van der Waals surface area contributed by atoms with Crippen LogP contribution in [-0.4, -0.2) is 22.2 Å². The van der Waals surface area contributed by atoms with E-state index in [1.807, 2.05) is 25.4 Å². The summed E-state index contributed by atoms with van der Waals surface area (Å²) in [6.07, 6.45) is 5.31. The van der Waals surface area contributed by atoms with E-state index >= 15 is 0 Å². The molecule has 0 saturated heterocycles. The second-order valence-electron chi connectivity index (χ2n) is 4.32. The third kappa shape index (κ3) is 2.18. The summed E-state index contributed by atoms with van der Waals surface area (Å²) in [6, 6.07) is 12.3. The van der Waals surface area contributed by atoms with Crippen LogP contribution in [0.2, 0.25) is 0 Å². The van der Waals surface area contributed by atoms with Crippen LogP contribution in [0.1, 0.15) is 17.2 Å². The summed E-state index contributed by atoms with van der Waals surface area (Å²) in [7, 11) is 1.94. The van der Waals surface area contributed by atoms with Crippen LogP contribution < -0.4 is 5.32 Å². The van der Waals surface area contributed by atoms with Gasteiger partial charge in [-0.1, -0.05) is 24.3 Å². The Morgan fingerprint density at radius 3 is 2.68 bits per heavy atom. The number of nitrogens with one attached hydrogen (secondary N) is 1. The maximum Gasteiger partial charge on any atom is 0.0753 e. The lowest BCUT2D eigenvalue weighted by Crippen LogP contribution is -2.18. The predicted molar refractivity (Wildman–Crippen MR) is 74.7 cm³/mol. The maximum absolute atomic E-state index is 4.50. The van der Waals surface area contributed by atoms with Gasteiger partial charge in [0.2, 0.25) is 0 Å². The summed E-state index contributed by atoms with van der Waals surface area (Å²) in [5, 5.41) is 12.2. The van der Waals surface area contributed by atoms with Crippen molar-refractivity contribution in [3.05, 3.63) is 66.1 Å². The van der Waals surface area contributed by atoms with Gasteiger partial charge >= 0.3 is 0 Å². The number of fused-ring (bicyclic) bond motifs is 1. The summed E-state index contributed by atoms with van der Waals surface area (Å²) >= 11 is 0. The first kappa shape index (κ1) is 11.7. The molecule has 2 heterocycles. The monoisotopic (exact) mass is 250 g/mol. The first-order chi connectivity index (χ1) is 9.40. The molecular weight excluding hydrogens is 236 g/mol. The molecule has 3 rings (SSSR count). The van der Waals surface area contributed by atoms with Crippen molar-refractivity contribution < 1.29 is 0 Å². The molecule has 1 unspecified atom stereocenters. The number of benzene rings is 1. The second kappa shape index (κ2) is 5.12. The van der Waals surface area contributed by atoms with Crippen LogP contribution in [0.25, 0.3) is 10.9 Å². The molecule has 1 atom stereocenters. The fraction of sp³-hybridized carbons (Fsp3) is 0.133. The van der Waals surface area contributed by atoms with Crippen molar-refractivity contribution in [3.8, 4) is 0 Å². The zero-order valence-corrected chi connectivity index (χ0v) is 10.6. The van der Waals surface area contributed by atoms with Crippen LogP contribution in [0.15, 0.2) is 55.0 Å². The molecule has 2 aromatic heterocycles. The van der Waals surface area contributed by atoms with Gasteiger partial charge in [-0.3, -0.25) is 4.98 Å². The van der Waals surface area contributed by atoms with E-state index in [9.17, 15) is 0 Å². The minimum atomic E-state index is 0.0640. The van der Waals surface area contributed by atoms with Gasteiger partial charge in [0, 0.05) is 17.8 Å². The summed E-state index contributed by atoms with van der Waals surface area (Å²) in [5.74, 6) is 0. The van der Waals surface area contributed by atoms with Crippen LogP contribution in [0.3, 0.4) is 0 Å². The highest BCUT2D eigenvalue weighted by Gasteiger charge is 2.15. The first-order valence-electron chi connectivity index (χ1n) is 6.17. The zero-order valence-electron chi connectivity index (χ0n) is 10.6. The van der Waals surface area contributed by atoms with E-state index < -0.39 is 0 Å². The van der Waals surface area contributed by atoms with Crippen molar-refractivity contribution in [2.45, 2.75) is 6.04 Å². The molecule has 4 nitrogen and oxygen atoms in total. The lowest BCUT2D eigenvalue weighted by Gasteiger charge is -2.17. The topological polar surface area (TPSA) is 50.7 Å². The van der Waals surface area contributed by atoms with Gasteiger partial charge in [-0.2, -0.15) is 10.2 Å². The summed E-state index contributed by atoms with van der Waals surface area (Å²) in [6.45, 7) is 0. The Labute approximate surface area is 111 Å². The largest absolute Gasteiger partial charge is 0.309 e. The Morgan fingerprint density at radius 1 is 1.00 bits per heavy atom. The van der Waals surface area contributed by atoms with Gasteiger partial charge in [0.05, 0.1) is 17.8 Å². The van der Waals surface area contributed by atoms with Crippen LogP contribution >= 0.6 is 0 Å². The van der Waals surface area contributed by atoms with E-state index in [1.54, 1.807) is 12.4 Å². The van der Waals surface area contributed by atoms with Gasteiger partial charge in [0.15, 0.2) is 0 Å². The first-order valence-corrected chi connectivity index (χ1v) is 6.17. The Hall–Kier alpha value is -2.33. The summed E-state index contributed by atoms with van der Waals surface area (Å²) < 4.78 is 0. The minimum Gasteiger partial charge on any atom is -0.309 e. The fourth-order valence-corrected chi connectivity index (χ4v) is 2.33. The number of para-hydroxylation sites is 1. The third-order valence-electron chi connectivity index (χ3n) is 3.20. The zero-order chi connectivity index (χ0) is 13.1. The van der Waals surface area contributed by atoms with Crippen LogP contribution in [-0.2, 0) is 0 Å². The highest BCUT2D eigenvalue weighted by Crippen LogP contribution is 2.26. The van der Waals surface area contributed by atoms with Crippen molar-refractivity contribution in [1.82, 2.24) is 20.5 Å². The molecule has 0 aliphatic carbocycles. The number of hydrogen-bond donors (Lipinski definition) is 1. The molecule has 0 radical (unpaired) electrons. The number of aromatic nitrogens is 3. The Morgan fingerprint density at radius 2 is 1.89 bits per heavy atom. The van der Waals surface area contributed by atoms with Crippen molar-refractivity contribution in [2.24, 2.45) is 0 Å². The quantitative estimate of drug-likeness (QED) is 0.775. The average molecular weight is 250 g/mol. The molecule has 0 saturated carbocycles. The second-order valence-corrected chi connectivity index (χ2v) is 4.32. The third-order valence-corrected chi connectivity index (χ3v) is 3.20. The molecule has 1 aromatic carbocycles. The van der Waals surface area contributed by atoms with Gasteiger partial charge in [0.1, 0.15) is 0 Å². The Balaban J connectivity index is 2.17. The SMILES string of the molecule is CNC(c1ccnnc1)c1cccc2cccnc12. The van der Waals surface area contributed by atoms with Gasteiger partial charge in [-0.05, 0) is 30.3 Å². The molecule has 4 heteroatoms. The van der Waals surface area contributed by atoms with Crippen LogP contribution in [0.4, 0.5) is 0 Å². The highest BCUT2D eigenvalue weighted by molar-refractivity contribution is 5.82. The van der Waals surface area contributed by atoms with Gasteiger partial charge in [0.25, 0.3) is 0 Å². The van der Waals surface area contributed by atoms with E-state index in [1.165, 1.54) is 0 Å². The minimum absolute atomic E-state index is 0.0640. The molecule has 0 aliphatic heterocycles. The van der Waals surface area contributed by atoms with E-state index in [0.29, 0.717) is 0 Å². The Kier molecular flexibility index (Phi) is 3.16. The van der Waals surface area contributed by atoms with Crippen LogP contribution in [0.5, 0.6) is 0 Å².